The molecule has 0 saturated heterocycles. The van der Waals surface area contributed by atoms with E-state index in [9.17, 15) is 0 Å². The summed E-state index contributed by atoms with van der Waals surface area (Å²) in [4.78, 5) is 9.13. The zero-order valence-electron chi connectivity index (χ0n) is 16.4. The van der Waals surface area contributed by atoms with Crippen molar-refractivity contribution in [1.82, 2.24) is 14.4 Å². The highest BCUT2D eigenvalue weighted by atomic mass is 16.5. The van der Waals surface area contributed by atoms with E-state index in [1.165, 1.54) is 0 Å². The first-order valence-corrected chi connectivity index (χ1v) is 9.77. The van der Waals surface area contributed by atoms with Crippen molar-refractivity contribution in [3.63, 3.8) is 0 Å². The summed E-state index contributed by atoms with van der Waals surface area (Å²) in [5.41, 5.74) is 6.37. The Bertz CT molecular complexity index is 1300. The van der Waals surface area contributed by atoms with Crippen LogP contribution in [-0.4, -0.2) is 20.5 Å². The molecule has 0 amide bonds. The van der Waals surface area contributed by atoms with Crippen molar-refractivity contribution in [2.24, 2.45) is 0 Å². The molecular formula is C25H21N3O. The van der Waals surface area contributed by atoms with Crippen LogP contribution >= 0.6 is 0 Å². The van der Waals surface area contributed by atoms with Gasteiger partial charge in [-0.1, -0.05) is 30.3 Å². The zero-order valence-corrected chi connectivity index (χ0v) is 16.4. The first-order valence-electron chi connectivity index (χ1n) is 9.77. The highest BCUT2D eigenvalue weighted by Crippen LogP contribution is 2.30. The number of fused-ring (bicyclic) bond motifs is 2. The summed E-state index contributed by atoms with van der Waals surface area (Å²) in [5.74, 6) is 0.887. The second kappa shape index (κ2) is 7.06. The first kappa shape index (κ1) is 17.4. The van der Waals surface area contributed by atoms with Gasteiger partial charge in [0.15, 0.2) is 0 Å². The van der Waals surface area contributed by atoms with Crippen LogP contribution in [-0.2, 0) is 0 Å². The van der Waals surface area contributed by atoms with Crippen LogP contribution in [0.5, 0.6) is 5.75 Å². The molecule has 4 nitrogen and oxygen atoms in total. The van der Waals surface area contributed by atoms with E-state index < -0.39 is 0 Å². The minimum atomic E-state index is 0.171. The van der Waals surface area contributed by atoms with Gasteiger partial charge in [-0.25, -0.2) is 4.98 Å². The predicted octanol–water partition coefficient (Wildman–Crippen LogP) is 6.00. The van der Waals surface area contributed by atoms with Gasteiger partial charge >= 0.3 is 0 Å². The van der Waals surface area contributed by atoms with E-state index in [1.807, 2.05) is 56.6 Å². The molecule has 3 heterocycles. The number of pyridine rings is 2. The van der Waals surface area contributed by atoms with Crippen LogP contribution in [0.4, 0.5) is 0 Å². The molecule has 0 N–H and O–H groups in total. The predicted molar refractivity (Wildman–Crippen MR) is 117 cm³/mol. The molecule has 2 aromatic carbocycles. The monoisotopic (exact) mass is 379 g/mol. The Morgan fingerprint density at radius 2 is 1.72 bits per heavy atom. The second-order valence-electron chi connectivity index (χ2n) is 7.35. The Hall–Kier alpha value is -3.66. The van der Waals surface area contributed by atoms with E-state index in [4.69, 9.17) is 4.74 Å². The van der Waals surface area contributed by atoms with E-state index in [0.29, 0.717) is 0 Å². The van der Waals surface area contributed by atoms with E-state index in [0.717, 1.165) is 44.7 Å². The highest BCUT2D eigenvalue weighted by molar-refractivity contribution is 5.94. The van der Waals surface area contributed by atoms with Crippen LogP contribution in [0.25, 0.3) is 38.9 Å². The number of benzene rings is 2. The summed E-state index contributed by atoms with van der Waals surface area (Å²) in [6.45, 7) is 4.06. The molecule has 0 unspecified atom stereocenters. The van der Waals surface area contributed by atoms with Crippen LogP contribution < -0.4 is 4.74 Å². The molecule has 0 fully saturated rings. The summed E-state index contributed by atoms with van der Waals surface area (Å²) >= 11 is 0. The Kier molecular flexibility index (Phi) is 4.24. The van der Waals surface area contributed by atoms with Crippen molar-refractivity contribution in [3.05, 3.63) is 85.3 Å². The molecule has 0 aliphatic heterocycles. The molecule has 0 bridgehead atoms. The summed E-state index contributed by atoms with van der Waals surface area (Å²) in [6.07, 6.45) is 6.01. The lowest BCUT2D eigenvalue weighted by molar-refractivity contribution is 0.242. The molecular weight excluding hydrogens is 358 g/mol. The number of aromatic nitrogens is 3. The van der Waals surface area contributed by atoms with Crippen molar-refractivity contribution in [2.75, 3.05) is 0 Å². The molecule has 142 valence electrons. The standard InChI is InChI=1S/C25H21N3O/c1-17(2)29-20-10-8-18(9-11-20)19-12-14-28-24(16-27-25(28)15-19)22-5-3-7-23-21(22)6-4-13-26-23/h3-17H,1-2H3. The molecule has 0 aliphatic rings. The smallest absolute Gasteiger partial charge is 0.137 e. The van der Waals surface area contributed by atoms with E-state index in [-0.39, 0.29) is 6.10 Å². The van der Waals surface area contributed by atoms with Gasteiger partial charge in [0.25, 0.3) is 0 Å². The van der Waals surface area contributed by atoms with Crippen LogP contribution in [0.2, 0.25) is 0 Å². The fourth-order valence-corrected chi connectivity index (χ4v) is 3.68. The Morgan fingerprint density at radius 1 is 0.862 bits per heavy atom. The largest absolute Gasteiger partial charge is 0.491 e. The van der Waals surface area contributed by atoms with Crippen molar-refractivity contribution >= 4 is 16.6 Å². The van der Waals surface area contributed by atoms with Crippen LogP contribution in [0.1, 0.15) is 13.8 Å². The van der Waals surface area contributed by atoms with Gasteiger partial charge in [-0.05, 0) is 61.4 Å². The lowest BCUT2D eigenvalue weighted by Crippen LogP contribution is -2.05. The molecule has 0 spiro atoms. The second-order valence-corrected chi connectivity index (χ2v) is 7.35. The normalized spacial score (nSPS) is 11.4. The van der Waals surface area contributed by atoms with Gasteiger partial charge in [0.05, 0.1) is 23.5 Å². The molecule has 3 aromatic heterocycles. The molecule has 0 radical (unpaired) electrons. The summed E-state index contributed by atoms with van der Waals surface area (Å²) in [7, 11) is 0. The molecule has 5 aromatic rings. The highest BCUT2D eigenvalue weighted by Gasteiger charge is 2.11. The topological polar surface area (TPSA) is 39.4 Å². The fourth-order valence-electron chi connectivity index (χ4n) is 3.68. The van der Waals surface area contributed by atoms with Gasteiger partial charge in [-0.15, -0.1) is 0 Å². The number of nitrogens with zero attached hydrogens (tertiary/aromatic N) is 3. The third kappa shape index (κ3) is 3.23. The number of hydrogen-bond donors (Lipinski definition) is 0. The van der Waals surface area contributed by atoms with Crippen molar-refractivity contribution in [3.8, 4) is 28.1 Å². The SMILES string of the molecule is CC(C)Oc1ccc(-c2ccn3c(-c4cccc5ncccc45)cnc3c2)cc1. The summed E-state index contributed by atoms with van der Waals surface area (Å²) in [5, 5.41) is 1.13. The maximum atomic E-state index is 5.74. The molecule has 0 aliphatic carbocycles. The van der Waals surface area contributed by atoms with Crippen LogP contribution in [0.15, 0.2) is 85.3 Å². The van der Waals surface area contributed by atoms with E-state index in [2.05, 4.69) is 57.0 Å². The van der Waals surface area contributed by atoms with E-state index >= 15 is 0 Å². The lowest BCUT2D eigenvalue weighted by Gasteiger charge is -2.10. The van der Waals surface area contributed by atoms with E-state index in [1.54, 1.807) is 0 Å². The number of ether oxygens (including phenoxy) is 1. The Balaban J connectivity index is 1.55. The molecule has 5 rings (SSSR count). The van der Waals surface area contributed by atoms with Crippen molar-refractivity contribution < 1.29 is 4.74 Å². The third-order valence-corrected chi connectivity index (χ3v) is 4.99. The van der Waals surface area contributed by atoms with Gasteiger partial charge in [-0.2, -0.15) is 0 Å². The van der Waals surface area contributed by atoms with Crippen LogP contribution in [0, 0.1) is 0 Å². The zero-order chi connectivity index (χ0) is 19.8. The maximum absolute atomic E-state index is 5.74. The average Bonchev–Trinajstić information content (AvgIpc) is 3.16. The Morgan fingerprint density at radius 3 is 2.55 bits per heavy atom. The summed E-state index contributed by atoms with van der Waals surface area (Å²) < 4.78 is 7.87. The molecule has 0 saturated carbocycles. The third-order valence-electron chi connectivity index (χ3n) is 4.99. The summed E-state index contributed by atoms with van der Waals surface area (Å²) in [6, 6.07) is 22.7. The Labute approximate surface area is 169 Å². The van der Waals surface area contributed by atoms with Gasteiger partial charge in [0.1, 0.15) is 11.4 Å². The quantitative estimate of drug-likeness (QED) is 0.384. The maximum Gasteiger partial charge on any atom is 0.137 e. The molecule has 0 atom stereocenters. The van der Waals surface area contributed by atoms with Gasteiger partial charge < -0.3 is 4.74 Å². The van der Waals surface area contributed by atoms with Crippen molar-refractivity contribution in [1.29, 1.82) is 0 Å². The average molecular weight is 379 g/mol. The fraction of sp³-hybridized carbons (Fsp3) is 0.120. The number of hydrogen-bond acceptors (Lipinski definition) is 3. The van der Waals surface area contributed by atoms with Gasteiger partial charge in [0.2, 0.25) is 0 Å². The van der Waals surface area contributed by atoms with Gasteiger partial charge in [-0.3, -0.25) is 9.38 Å². The van der Waals surface area contributed by atoms with Gasteiger partial charge in [0, 0.05) is 23.3 Å². The molecule has 4 heteroatoms. The number of rotatable bonds is 4. The molecule has 29 heavy (non-hydrogen) atoms. The lowest BCUT2D eigenvalue weighted by atomic mass is 10.1. The minimum Gasteiger partial charge on any atom is -0.491 e. The first-order chi connectivity index (χ1) is 14.2. The van der Waals surface area contributed by atoms with Crippen molar-refractivity contribution in [2.45, 2.75) is 20.0 Å². The van der Waals surface area contributed by atoms with Crippen LogP contribution in [0.3, 0.4) is 0 Å². The number of imidazole rings is 1. The minimum absolute atomic E-state index is 0.171.